The first-order valence-electron chi connectivity index (χ1n) is 4.86. The number of amides is 1. The van der Waals surface area contributed by atoms with Crippen LogP contribution < -0.4 is 16.6 Å². The first-order chi connectivity index (χ1) is 7.12. The lowest BCUT2D eigenvalue weighted by Crippen LogP contribution is -2.56. The summed E-state index contributed by atoms with van der Waals surface area (Å²) in [7, 11) is 1.75. The van der Waals surface area contributed by atoms with E-state index in [-0.39, 0.29) is 5.91 Å². The molecule has 82 valence electrons. The minimum atomic E-state index is -0.671. The molecular weight excluding hydrogens is 190 g/mol. The van der Waals surface area contributed by atoms with Crippen LogP contribution in [0.25, 0.3) is 0 Å². The molecule has 0 aromatic heterocycles. The van der Waals surface area contributed by atoms with E-state index in [1.165, 1.54) is 0 Å². The van der Waals surface area contributed by atoms with Crippen LogP contribution in [0.2, 0.25) is 0 Å². The summed E-state index contributed by atoms with van der Waals surface area (Å²) in [6, 6.07) is 9.82. The van der Waals surface area contributed by atoms with E-state index in [4.69, 9.17) is 5.84 Å². The summed E-state index contributed by atoms with van der Waals surface area (Å²) in [5.41, 5.74) is 2.60. The maximum Gasteiger partial charge on any atom is 0.254 e. The minimum Gasteiger partial charge on any atom is -0.306 e. The number of hydrogen-bond acceptors (Lipinski definition) is 3. The van der Waals surface area contributed by atoms with Crippen LogP contribution in [0.1, 0.15) is 12.5 Å². The van der Waals surface area contributed by atoms with Gasteiger partial charge in [-0.25, -0.2) is 5.84 Å². The van der Waals surface area contributed by atoms with Gasteiger partial charge >= 0.3 is 0 Å². The molecule has 0 heterocycles. The molecule has 4 heteroatoms. The van der Waals surface area contributed by atoms with Crippen molar-refractivity contribution in [3.63, 3.8) is 0 Å². The number of carbonyl (C=O) groups is 1. The second-order valence-corrected chi connectivity index (χ2v) is 3.72. The average molecular weight is 207 g/mol. The molecule has 1 aromatic rings. The summed E-state index contributed by atoms with van der Waals surface area (Å²) < 4.78 is 0. The maximum absolute atomic E-state index is 11.6. The molecule has 15 heavy (non-hydrogen) atoms. The summed E-state index contributed by atoms with van der Waals surface area (Å²) in [5, 5.41) is 2.99. The summed E-state index contributed by atoms with van der Waals surface area (Å²) in [6.45, 7) is 1.82. The van der Waals surface area contributed by atoms with Crippen LogP contribution in [-0.2, 0) is 11.2 Å². The fourth-order valence-corrected chi connectivity index (χ4v) is 1.45. The summed E-state index contributed by atoms with van der Waals surface area (Å²) in [5.74, 6) is 4.93. The van der Waals surface area contributed by atoms with Gasteiger partial charge in [-0.15, -0.1) is 0 Å². The third-order valence-electron chi connectivity index (χ3n) is 2.58. The molecule has 1 rings (SSSR count). The molecular formula is C11H17N3O. The van der Waals surface area contributed by atoms with E-state index in [2.05, 4.69) is 10.7 Å². The normalized spacial score (nSPS) is 14.3. The van der Waals surface area contributed by atoms with Crippen LogP contribution in [0.3, 0.4) is 0 Å². The molecule has 0 bridgehead atoms. The van der Waals surface area contributed by atoms with Crippen molar-refractivity contribution in [1.82, 2.24) is 10.7 Å². The average Bonchev–Trinajstić information content (AvgIpc) is 2.29. The van der Waals surface area contributed by atoms with E-state index in [1.807, 2.05) is 37.3 Å². The van der Waals surface area contributed by atoms with Crippen molar-refractivity contribution in [2.45, 2.75) is 18.9 Å². The number of hydrazine groups is 1. The Morgan fingerprint density at radius 3 is 2.47 bits per heavy atom. The van der Waals surface area contributed by atoms with Crippen LogP contribution >= 0.6 is 0 Å². The smallest absolute Gasteiger partial charge is 0.254 e. The number of nitrogens with two attached hydrogens (primary N) is 1. The van der Waals surface area contributed by atoms with Crippen LogP contribution in [0.4, 0.5) is 0 Å². The monoisotopic (exact) mass is 207 g/mol. The van der Waals surface area contributed by atoms with E-state index in [1.54, 1.807) is 7.05 Å². The van der Waals surface area contributed by atoms with Crippen LogP contribution in [0.15, 0.2) is 30.3 Å². The lowest BCUT2D eigenvalue weighted by Gasteiger charge is -2.26. The van der Waals surface area contributed by atoms with Gasteiger partial charge in [-0.3, -0.25) is 10.2 Å². The second-order valence-electron chi connectivity index (χ2n) is 3.72. The van der Waals surface area contributed by atoms with Crippen LogP contribution in [0, 0.1) is 0 Å². The van der Waals surface area contributed by atoms with Crippen molar-refractivity contribution in [2.75, 3.05) is 7.05 Å². The quantitative estimate of drug-likeness (QED) is 0.375. The maximum atomic E-state index is 11.6. The highest BCUT2D eigenvalue weighted by Gasteiger charge is 2.30. The Bertz CT molecular complexity index is 326. The zero-order valence-corrected chi connectivity index (χ0v) is 9.08. The first-order valence-corrected chi connectivity index (χ1v) is 4.86. The zero-order chi connectivity index (χ0) is 11.3. The van der Waals surface area contributed by atoms with Crippen molar-refractivity contribution in [3.05, 3.63) is 35.9 Å². The largest absolute Gasteiger partial charge is 0.306 e. The molecule has 4 nitrogen and oxygen atoms in total. The van der Waals surface area contributed by atoms with Crippen molar-refractivity contribution in [2.24, 2.45) is 5.84 Å². The Hall–Kier alpha value is -1.39. The van der Waals surface area contributed by atoms with Crippen molar-refractivity contribution < 1.29 is 4.79 Å². The van der Waals surface area contributed by atoms with Gasteiger partial charge in [0, 0.05) is 0 Å². The Morgan fingerprint density at radius 1 is 1.40 bits per heavy atom. The van der Waals surface area contributed by atoms with E-state index in [0.717, 1.165) is 5.56 Å². The predicted octanol–water partition coefficient (Wildman–Crippen LogP) is 0.197. The summed E-state index contributed by atoms with van der Waals surface area (Å²) in [6.07, 6.45) is 0.605. The van der Waals surface area contributed by atoms with Crippen molar-refractivity contribution >= 4 is 5.91 Å². The molecule has 1 amide bonds. The molecule has 0 spiro atoms. The Balaban J connectivity index is 2.81. The van der Waals surface area contributed by atoms with Gasteiger partial charge in [0.2, 0.25) is 0 Å². The van der Waals surface area contributed by atoms with Crippen molar-refractivity contribution in [1.29, 1.82) is 0 Å². The second kappa shape index (κ2) is 4.91. The van der Waals surface area contributed by atoms with Gasteiger partial charge in [0.25, 0.3) is 5.91 Å². The SMILES string of the molecule is CNC(C)(Cc1ccccc1)C(=O)NN. The highest BCUT2D eigenvalue weighted by molar-refractivity contribution is 5.85. The number of likely N-dealkylation sites (N-methyl/N-ethyl adjacent to an activating group) is 1. The molecule has 0 aliphatic heterocycles. The highest BCUT2D eigenvalue weighted by Crippen LogP contribution is 2.12. The molecule has 4 N–H and O–H groups in total. The van der Waals surface area contributed by atoms with Gasteiger partial charge in [-0.05, 0) is 26.0 Å². The standard InChI is InChI=1S/C11H17N3O/c1-11(13-2,10(15)14-12)8-9-6-4-3-5-7-9/h3-7,13H,8,12H2,1-2H3,(H,14,15). The van der Waals surface area contributed by atoms with Gasteiger partial charge in [-0.2, -0.15) is 0 Å². The number of nitrogens with one attached hydrogen (secondary N) is 2. The molecule has 0 radical (unpaired) electrons. The number of hydrogen-bond donors (Lipinski definition) is 3. The molecule has 0 fully saturated rings. The summed E-state index contributed by atoms with van der Waals surface area (Å²) in [4.78, 5) is 11.6. The molecule has 0 aliphatic carbocycles. The fraction of sp³-hybridized carbons (Fsp3) is 0.364. The van der Waals surface area contributed by atoms with Crippen LogP contribution in [0.5, 0.6) is 0 Å². The van der Waals surface area contributed by atoms with Gasteiger partial charge in [0.05, 0.1) is 0 Å². The lowest BCUT2D eigenvalue weighted by molar-refractivity contribution is -0.126. The van der Waals surface area contributed by atoms with E-state index in [0.29, 0.717) is 6.42 Å². The van der Waals surface area contributed by atoms with E-state index < -0.39 is 5.54 Å². The highest BCUT2D eigenvalue weighted by atomic mass is 16.2. The third kappa shape index (κ3) is 2.78. The lowest BCUT2D eigenvalue weighted by atomic mass is 9.92. The predicted molar refractivity (Wildman–Crippen MR) is 59.9 cm³/mol. The molecule has 1 aromatic carbocycles. The van der Waals surface area contributed by atoms with Gasteiger partial charge < -0.3 is 5.32 Å². The number of carbonyl (C=O) groups excluding carboxylic acids is 1. The molecule has 1 unspecified atom stereocenters. The number of benzene rings is 1. The van der Waals surface area contributed by atoms with E-state index in [9.17, 15) is 4.79 Å². The molecule has 0 aliphatic rings. The number of rotatable bonds is 4. The zero-order valence-electron chi connectivity index (χ0n) is 9.08. The van der Waals surface area contributed by atoms with Crippen molar-refractivity contribution in [3.8, 4) is 0 Å². The Morgan fingerprint density at radius 2 is 2.00 bits per heavy atom. The Kier molecular flexibility index (Phi) is 3.82. The fourth-order valence-electron chi connectivity index (χ4n) is 1.45. The Labute approximate surface area is 89.8 Å². The van der Waals surface area contributed by atoms with Crippen LogP contribution in [-0.4, -0.2) is 18.5 Å². The van der Waals surface area contributed by atoms with Gasteiger partial charge in [0.1, 0.15) is 5.54 Å². The summed E-state index contributed by atoms with van der Waals surface area (Å²) >= 11 is 0. The topological polar surface area (TPSA) is 67.2 Å². The molecule has 1 atom stereocenters. The first kappa shape index (κ1) is 11.7. The van der Waals surface area contributed by atoms with Gasteiger partial charge in [0.15, 0.2) is 0 Å². The van der Waals surface area contributed by atoms with Gasteiger partial charge in [-0.1, -0.05) is 30.3 Å². The third-order valence-corrected chi connectivity index (χ3v) is 2.58. The van der Waals surface area contributed by atoms with E-state index >= 15 is 0 Å². The minimum absolute atomic E-state index is 0.214. The molecule has 0 saturated carbocycles. The molecule has 0 saturated heterocycles.